The summed E-state index contributed by atoms with van der Waals surface area (Å²) in [5.74, 6) is 0.00624. The summed E-state index contributed by atoms with van der Waals surface area (Å²) < 4.78 is 1.14. The van der Waals surface area contributed by atoms with Gasteiger partial charge in [-0.2, -0.15) is 4.98 Å². The smallest absolute Gasteiger partial charge is 0.351 e. The zero-order valence-electron chi connectivity index (χ0n) is 9.21. The first-order chi connectivity index (χ1) is 7.56. The van der Waals surface area contributed by atoms with E-state index in [9.17, 15) is 9.90 Å². The van der Waals surface area contributed by atoms with Crippen molar-refractivity contribution >= 4 is 5.82 Å². The third kappa shape index (κ3) is 3.04. The van der Waals surface area contributed by atoms with Gasteiger partial charge < -0.3 is 15.9 Å². The summed E-state index contributed by atoms with van der Waals surface area (Å²) in [6, 6.07) is 1.46. The van der Waals surface area contributed by atoms with Crippen molar-refractivity contribution in [3.8, 4) is 0 Å². The van der Waals surface area contributed by atoms with E-state index in [1.54, 1.807) is 0 Å². The minimum absolute atomic E-state index is 0.0753. The molecule has 0 saturated carbocycles. The normalized spacial score (nSPS) is 14.7. The Morgan fingerprint density at radius 3 is 2.88 bits per heavy atom. The molecule has 90 valence electrons. The SMILES string of the molecule is CC(CCCO)C(O)n1ccc(N)nc1=O. The number of nitrogens with zero attached hydrogens (tertiary/aromatic N) is 2. The molecule has 0 spiro atoms. The number of nitrogen functional groups attached to an aromatic ring is 1. The van der Waals surface area contributed by atoms with Crippen LogP contribution in [0.15, 0.2) is 17.1 Å². The molecule has 2 unspecified atom stereocenters. The van der Waals surface area contributed by atoms with Gasteiger partial charge in [0.15, 0.2) is 0 Å². The fourth-order valence-corrected chi connectivity index (χ4v) is 1.46. The van der Waals surface area contributed by atoms with Crippen LogP contribution in [0.4, 0.5) is 5.82 Å². The van der Waals surface area contributed by atoms with Crippen molar-refractivity contribution < 1.29 is 10.2 Å². The predicted octanol–water partition coefficient (Wildman–Crippen LogP) is -0.275. The third-order valence-electron chi connectivity index (χ3n) is 2.46. The Morgan fingerprint density at radius 1 is 1.62 bits per heavy atom. The van der Waals surface area contributed by atoms with Gasteiger partial charge in [-0.3, -0.25) is 4.57 Å². The Balaban J connectivity index is 2.79. The molecule has 0 radical (unpaired) electrons. The predicted molar refractivity (Wildman–Crippen MR) is 59.6 cm³/mol. The zero-order chi connectivity index (χ0) is 12.1. The number of aliphatic hydroxyl groups excluding tert-OH is 2. The van der Waals surface area contributed by atoms with Crippen molar-refractivity contribution in [1.29, 1.82) is 0 Å². The molecule has 0 fully saturated rings. The Kier molecular flexibility index (Phi) is 4.45. The highest BCUT2D eigenvalue weighted by molar-refractivity contribution is 5.23. The molecule has 0 aliphatic heterocycles. The molecule has 0 saturated heterocycles. The molecule has 2 atom stereocenters. The van der Waals surface area contributed by atoms with Crippen molar-refractivity contribution in [3.63, 3.8) is 0 Å². The van der Waals surface area contributed by atoms with Gasteiger partial charge in [0.2, 0.25) is 0 Å². The summed E-state index contributed by atoms with van der Waals surface area (Å²) in [5.41, 5.74) is 4.78. The van der Waals surface area contributed by atoms with Crippen LogP contribution in [-0.4, -0.2) is 26.4 Å². The van der Waals surface area contributed by atoms with Crippen LogP contribution in [0, 0.1) is 5.92 Å². The van der Waals surface area contributed by atoms with Crippen LogP contribution in [0.5, 0.6) is 0 Å². The van der Waals surface area contributed by atoms with Crippen LogP contribution in [-0.2, 0) is 0 Å². The lowest BCUT2D eigenvalue weighted by molar-refractivity contribution is 0.0379. The lowest BCUT2D eigenvalue weighted by atomic mass is 10.0. The van der Waals surface area contributed by atoms with E-state index < -0.39 is 11.9 Å². The van der Waals surface area contributed by atoms with Gasteiger partial charge in [0.05, 0.1) is 0 Å². The van der Waals surface area contributed by atoms with Gasteiger partial charge in [0, 0.05) is 18.7 Å². The maximum absolute atomic E-state index is 11.4. The number of hydrogen-bond acceptors (Lipinski definition) is 5. The maximum Gasteiger partial charge on any atom is 0.351 e. The molecule has 0 amide bonds. The van der Waals surface area contributed by atoms with E-state index in [0.29, 0.717) is 12.8 Å². The van der Waals surface area contributed by atoms with Crippen LogP contribution >= 0.6 is 0 Å². The summed E-state index contributed by atoms with van der Waals surface area (Å²) in [6.45, 7) is 1.88. The third-order valence-corrected chi connectivity index (χ3v) is 2.46. The molecule has 0 aliphatic carbocycles. The molecular weight excluding hydrogens is 210 g/mol. The van der Waals surface area contributed by atoms with Gasteiger partial charge in [-0.1, -0.05) is 6.92 Å². The van der Waals surface area contributed by atoms with Crippen molar-refractivity contribution in [2.75, 3.05) is 12.3 Å². The zero-order valence-corrected chi connectivity index (χ0v) is 9.21. The minimum atomic E-state index is -0.938. The van der Waals surface area contributed by atoms with E-state index in [1.165, 1.54) is 12.3 Å². The molecule has 16 heavy (non-hydrogen) atoms. The van der Waals surface area contributed by atoms with Gasteiger partial charge in [0.1, 0.15) is 12.0 Å². The van der Waals surface area contributed by atoms with E-state index in [-0.39, 0.29) is 18.3 Å². The van der Waals surface area contributed by atoms with Crippen LogP contribution in [0.1, 0.15) is 26.0 Å². The van der Waals surface area contributed by atoms with Crippen LogP contribution in [0.3, 0.4) is 0 Å². The molecule has 6 nitrogen and oxygen atoms in total. The second kappa shape index (κ2) is 5.62. The standard InChI is InChI=1S/C10H17N3O3/c1-7(3-2-6-14)9(15)13-5-4-8(11)12-10(13)16/h4-5,7,9,14-15H,2-3,6H2,1H3,(H2,11,12,16). The van der Waals surface area contributed by atoms with Gasteiger partial charge in [0.25, 0.3) is 0 Å². The molecule has 1 aromatic heterocycles. The molecule has 0 bridgehead atoms. The summed E-state index contributed by atoms with van der Waals surface area (Å²) in [6.07, 6.45) is 1.71. The lowest BCUT2D eigenvalue weighted by Crippen LogP contribution is -2.30. The molecule has 1 rings (SSSR count). The fraction of sp³-hybridized carbons (Fsp3) is 0.600. The minimum Gasteiger partial charge on any atom is -0.396 e. The molecular formula is C10H17N3O3. The van der Waals surface area contributed by atoms with Gasteiger partial charge >= 0.3 is 5.69 Å². The summed E-state index contributed by atoms with van der Waals surface area (Å²) in [7, 11) is 0. The van der Waals surface area contributed by atoms with Crippen molar-refractivity contribution in [3.05, 3.63) is 22.7 Å². The number of nitrogens with two attached hydrogens (primary N) is 1. The Morgan fingerprint density at radius 2 is 2.31 bits per heavy atom. The van der Waals surface area contributed by atoms with Crippen molar-refractivity contribution in [2.24, 2.45) is 5.92 Å². The Bertz CT molecular complexity index is 391. The van der Waals surface area contributed by atoms with Gasteiger partial charge in [-0.15, -0.1) is 0 Å². The first-order valence-electron chi connectivity index (χ1n) is 5.20. The maximum atomic E-state index is 11.4. The van der Waals surface area contributed by atoms with Crippen LogP contribution < -0.4 is 11.4 Å². The summed E-state index contributed by atoms with van der Waals surface area (Å²) in [4.78, 5) is 15.0. The quantitative estimate of drug-likeness (QED) is 0.642. The molecule has 1 aromatic rings. The van der Waals surface area contributed by atoms with E-state index in [4.69, 9.17) is 10.8 Å². The van der Waals surface area contributed by atoms with Crippen molar-refractivity contribution in [2.45, 2.75) is 26.0 Å². The van der Waals surface area contributed by atoms with Gasteiger partial charge in [-0.25, -0.2) is 4.79 Å². The van der Waals surface area contributed by atoms with Crippen molar-refractivity contribution in [1.82, 2.24) is 9.55 Å². The molecule has 6 heteroatoms. The lowest BCUT2D eigenvalue weighted by Gasteiger charge is -2.20. The first-order valence-corrected chi connectivity index (χ1v) is 5.20. The van der Waals surface area contributed by atoms with Crippen LogP contribution in [0.25, 0.3) is 0 Å². The number of hydrogen-bond donors (Lipinski definition) is 3. The average molecular weight is 227 g/mol. The Hall–Kier alpha value is -1.40. The molecule has 4 N–H and O–H groups in total. The second-order valence-electron chi connectivity index (χ2n) is 3.80. The highest BCUT2D eigenvalue weighted by Crippen LogP contribution is 2.17. The summed E-state index contributed by atoms with van der Waals surface area (Å²) >= 11 is 0. The fourth-order valence-electron chi connectivity index (χ4n) is 1.46. The molecule has 0 aromatic carbocycles. The highest BCUT2D eigenvalue weighted by atomic mass is 16.3. The molecule has 1 heterocycles. The second-order valence-corrected chi connectivity index (χ2v) is 3.80. The monoisotopic (exact) mass is 227 g/mol. The largest absolute Gasteiger partial charge is 0.396 e. The first kappa shape index (κ1) is 12.7. The average Bonchev–Trinajstić information content (AvgIpc) is 2.25. The van der Waals surface area contributed by atoms with E-state index >= 15 is 0 Å². The number of rotatable bonds is 5. The van der Waals surface area contributed by atoms with E-state index in [0.717, 1.165) is 4.57 Å². The van der Waals surface area contributed by atoms with Gasteiger partial charge in [-0.05, 0) is 18.9 Å². The number of anilines is 1. The van der Waals surface area contributed by atoms with Crippen LogP contribution in [0.2, 0.25) is 0 Å². The summed E-state index contributed by atoms with van der Waals surface area (Å²) in [5, 5.41) is 18.6. The Labute approximate surface area is 93.4 Å². The number of aliphatic hydroxyl groups is 2. The number of aromatic nitrogens is 2. The topological polar surface area (TPSA) is 101 Å². The highest BCUT2D eigenvalue weighted by Gasteiger charge is 2.16. The van der Waals surface area contributed by atoms with E-state index in [1.807, 2.05) is 6.92 Å². The molecule has 0 aliphatic rings. The van der Waals surface area contributed by atoms with E-state index in [2.05, 4.69) is 4.98 Å².